The molecule has 26 heavy (non-hydrogen) atoms. The number of benzene rings is 2. The van der Waals surface area contributed by atoms with E-state index in [0.29, 0.717) is 18.3 Å². The van der Waals surface area contributed by atoms with E-state index in [1.807, 2.05) is 18.2 Å². The van der Waals surface area contributed by atoms with Crippen LogP contribution in [0.5, 0.6) is 11.5 Å². The van der Waals surface area contributed by atoms with Crippen LogP contribution < -0.4 is 9.64 Å². The lowest BCUT2D eigenvalue weighted by atomic mass is 10.0. The van der Waals surface area contributed by atoms with Gasteiger partial charge in [0.1, 0.15) is 18.1 Å². The van der Waals surface area contributed by atoms with Gasteiger partial charge in [-0.05, 0) is 42.2 Å². The smallest absolute Gasteiger partial charge is 0.138 e. The van der Waals surface area contributed by atoms with E-state index in [1.54, 1.807) is 6.07 Å². The van der Waals surface area contributed by atoms with Gasteiger partial charge in [0.05, 0.1) is 5.69 Å². The first kappa shape index (κ1) is 18.6. The molecule has 0 aliphatic carbocycles. The third-order valence-electron chi connectivity index (χ3n) is 5.05. The molecule has 0 radical (unpaired) electrons. The molecule has 3 rings (SSSR count). The van der Waals surface area contributed by atoms with Gasteiger partial charge in [-0.1, -0.05) is 38.1 Å². The number of hydrogen-bond donors (Lipinski definition) is 1. The summed E-state index contributed by atoms with van der Waals surface area (Å²) in [6.45, 7) is 12.0. The van der Waals surface area contributed by atoms with Crippen molar-refractivity contribution in [3.8, 4) is 11.5 Å². The van der Waals surface area contributed by atoms with E-state index in [0.717, 1.165) is 44.2 Å². The molecule has 0 atom stereocenters. The monoisotopic (exact) mass is 354 g/mol. The molecule has 1 fully saturated rings. The van der Waals surface area contributed by atoms with Crippen molar-refractivity contribution in [1.29, 1.82) is 0 Å². The molecule has 1 N–H and O–H groups in total. The summed E-state index contributed by atoms with van der Waals surface area (Å²) in [5.41, 5.74) is 3.45. The second kappa shape index (κ2) is 8.45. The molecule has 1 heterocycles. The van der Waals surface area contributed by atoms with Gasteiger partial charge in [0.25, 0.3) is 0 Å². The summed E-state index contributed by atoms with van der Waals surface area (Å²) < 4.78 is 6.12. The molecule has 2 aromatic carbocycles. The number of aromatic hydroxyl groups is 1. The molecule has 1 aliphatic heterocycles. The maximum absolute atomic E-state index is 10.0. The summed E-state index contributed by atoms with van der Waals surface area (Å²) in [7, 11) is 0. The molecule has 4 nitrogen and oxygen atoms in total. The SMILES string of the molecule is Cc1ccc(C(C)C)c(OCCN2CCN(c3ccccc3O)CC2)c1. The Labute approximate surface area is 157 Å². The highest BCUT2D eigenvalue weighted by Crippen LogP contribution is 2.28. The zero-order valence-electron chi connectivity index (χ0n) is 16.1. The van der Waals surface area contributed by atoms with Gasteiger partial charge in [0, 0.05) is 32.7 Å². The number of hydrogen-bond acceptors (Lipinski definition) is 4. The number of anilines is 1. The van der Waals surface area contributed by atoms with Gasteiger partial charge >= 0.3 is 0 Å². The summed E-state index contributed by atoms with van der Waals surface area (Å²) in [5.74, 6) is 1.85. The van der Waals surface area contributed by atoms with E-state index in [9.17, 15) is 5.11 Å². The fourth-order valence-electron chi connectivity index (χ4n) is 3.47. The van der Waals surface area contributed by atoms with Crippen LogP contribution in [0.1, 0.15) is 30.9 Å². The second-order valence-electron chi connectivity index (χ2n) is 7.36. The number of phenolic OH excluding ortho intramolecular Hbond substituents is 1. The van der Waals surface area contributed by atoms with Crippen LogP contribution in [-0.4, -0.2) is 49.3 Å². The summed E-state index contributed by atoms with van der Waals surface area (Å²) in [5, 5.41) is 10.0. The van der Waals surface area contributed by atoms with Crippen LogP contribution in [0.15, 0.2) is 42.5 Å². The predicted octanol–water partition coefficient (Wildman–Crippen LogP) is 4.03. The first-order valence-corrected chi connectivity index (χ1v) is 9.53. The molecule has 0 unspecified atom stereocenters. The summed E-state index contributed by atoms with van der Waals surface area (Å²) in [4.78, 5) is 4.69. The standard InChI is InChI=1S/C22H30N2O2/c1-17(2)19-9-8-18(3)16-22(19)26-15-14-23-10-12-24(13-11-23)20-6-4-5-7-21(20)25/h4-9,16-17,25H,10-15H2,1-3H3. The first-order chi connectivity index (χ1) is 12.5. The third kappa shape index (κ3) is 4.50. The minimum absolute atomic E-state index is 0.366. The van der Waals surface area contributed by atoms with Gasteiger partial charge in [0.15, 0.2) is 0 Å². The Hall–Kier alpha value is -2.20. The van der Waals surface area contributed by atoms with Gasteiger partial charge in [0.2, 0.25) is 0 Å². The molecule has 0 amide bonds. The van der Waals surface area contributed by atoms with E-state index < -0.39 is 0 Å². The van der Waals surface area contributed by atoms with Gasteiger partial charge in [-0.3, -0.25) is 4.90 Å². The van der Waals surface area contributed by atoms with E-state index in [1.165, 1.54) is 11.1 Å². The maximum Gasteiger partial charge on any atom is 0.138 e. The van der Waals surface area contributed by atoms with Crippen LogP contribution in [0, 0.1) is 6.92 Å². The van der Waals surface area contributed by atoms with E-state index in [4.69, 9.17) is 4.74 Å². The zero-order valence-corrected chi connectivity index (χ0v) is 16.1. The highest BCUT2D eigenvalue weighted by molar-refractivity contribution is 5.57. The van der Waals surface area contributed by atoms with Crippen molar-refractivity contribution in [1.82, 2.24) is 4.90 Å². The molecular weight excluding hydrogens is 324 g/mol. The molecule has 2 aromatic rings. The fraction of sp³-hybridized carbons (Fsp3) is 0.455. The average Bonchev–Trinajstić information content (AvgIpc) is 2.63. The van der Waals surface area contributed by atoms with Gasteiger partial charge in [-0.2, -0.15) is 0 Å². The number of para-hydroxylation sites is 2. The van der Waals surface area contributed by atoms with Crippen LogP contribution in [0.4, 0.5) is 5.69 Å². The highest BCUT2D eigenvalue weighted by atomic mass is 16.5. The topological polar surface area (TPSA) is 35.9 Å². The third-order valence-corrected chi connectivity index (χ3v) is 5.05. The van der Waals surface area contributed by atoms with Gasteiger partial charge < -0.3 is 14.7 Å². The minimum atomic E-state index is 0.366. The van der Waals surface area contributed by atoms with E-state index in [2.05, 4.69) is 48.8 Å². The lowest BCUT2D eigenvalue weighted by Gasteiger charge is -2.36. The Bertz CT molecular complexity index is 722. The van der Waals surface area contributed by atoms with E-state index >= 15 is 0 Å². The summed E-state index contributed by atoms with van der Waals surface area (Å²) in [6.07, 6.45) is 0. The minimum Gasteiger partial charge on any atom is -0.506 e. The lowest BCUT2D eigenvalue weighted by Crippen LogP contribution is -2.47. The average molecular weight is 354 g/mol. The van der Waals surface area contributed by atoms with E-state index in [-0.39, 0.29) is 0 Å². The van der Waals surface area contributed by atoms with Crippen LogP contribution in [0.2, 0.25) is 0 Å². The van der Waals surface area contributed by atoms with Crippen molar-refractivity contribution in [3.63, 3.8) is 0 Å². The number of piperazine rings is 1. The van der Waals surface area contributed by atoms with Crippen molar-refractivity contribution in [2.45, 2.75) is 26.7 Å². The molecule has 0 aromatic heterocycles. The quantitative estimate of drug-likeness (QED) is 0.850. The zero-order chi connectivity index (χ0) is 18.5. The molecule has 0 spiro atoms. The van der Waals surface area contributed by atoms with Crippen molar-refractivity contribution < 1.29 is 9.84 Å². The molecule has 0 bridgehead atoms. The number of nitrogens with zero attached hydrogens (tertiary/aromatic N) is 2. The van der Waals surface area contributed by atoms with Gasteiger partial charge in [-0.15, -0.1) is 0 Å². The van der Waals surface area contributed by atoms with Gasteiger partial charge in [-0.25, -0.2) is 0 Å². The normalized spacial score (nSPS) is 15.5. The van der Waals surface area contributed by atoms with Crippen molar-refractivity contribution in [3.05, 3.63) is 53.6 Å². The summed E-state index contributed by atoms with van der Waals surface area (Å²) in [6, 6.07) is 14.1. The fourth-order valence-corrected chi connectivity index (χ4v) is 3.47. The Balaban J connectivity index is 1.49. The van der Waals surface area contributed by atoms with Crippen LogP contribution in [0.25, 0.3) is 0 Å². The number of phenols is 1. The number of rotatable bonds is 6. The van der Waals surface area contributed by atoms with Crippen molar-refractivity contribution in [2.75, 3.05) is 44.2 Å². The molecule has 1 aliphatic rings. The Kier molecular flexibility index (Phi) is 6.04. The Morgan fingerprint density at radius 2 is 1.77 bits per heavy atom. The molecular formula is C22H30N2O2. The van der Waals surface area contributed by atoms with Crippen molar-refractivity contribution in [2.24, 2.45) is 0 Å². The van der Waals surface area contributed by atoms with Crippen LogP contribution in [-0.2, 0) is 0 Å². The molecule has 4 heteroatoms. The lowest BCUT2D eigenvalue weighted by molar-refractivity contribution is 0.199. The molecule has 0 saturated carbocycles. The molecule has 140 valence electrons. The number of aryl methyl sites for hydroxylation is 1. The molecule has 1 saturated heterocycles. The Morgan fingerprint density at radius 3 is 2.46 bits per heavy atom. The highest BCUT2D eigenvalue weighted by Gasteiger charge is 2.19. The predicted molar refractivity (Wildman–Crippen MR) is 108 cm³/mol. The Morgan fingerprint density at radius 1 is 1.04 bits per heavy atom. The maximum atomic E-state index is 10.0. The van der Waals surface area contributed by atoms with Crippen LogP contribution in [0.3, 0.4) is 0 Å². The number of ether oxygens (including phenoxy) is 1. The largest absolute Gasteiger partial charge is 0.506 e. The second-order valence-corrected chi connectivity index (χ2v) is 7.36. The first-order valence-electron chi connectivity index (χ1n) is 9.53. The summed E-state index contributed by atoms with van der Waals surface area (Å²) >= 11 is 0. The van der Waals surface area contributed by atoms with Crippen molar-refractivity contribution >= 4 is 5.69 Å². The van der Waals surface area contributed by atoms with Crippen LogP contribution >= 0.6 is 0 Å².